The summed E-state index contributed by atoms with van der Waals surface area (Å²) in [5.74, 6) is 0. The Kier molecular flexibility index (Phi) is 2.74. The van der Waals surface area contributed by atoms with Gasteiger partial charge in [-0.15, -0.1) is 0 Å². The summed E-state index contributed by atoms with van der Waals surface area (Å²) in [5.41, 5.74) is 10.9. The molecule has 0 spiro atoms. The van der Waals surface area contributed by atoms with Gasteiger partial charge in [0.05, 0.1) is 0 Å². The first-order chi connectivity index (χ1) is 5.69. The normalized spacial score (nSPS) is 10.2. The Labute approximate surface area is 74.6 Å². The van der Waals surface area contributed by atoms with Gasteiger partial charge in [0, 0.05) is 5.69 Å². The van der Waals surface area contributed by atoms with Gasteiger partial charge in [-0.2, -0.15) is 0 Å². The van der Waals surface area contributed by atoms with Crippen molar-refractivity contribution in [2.45, 2.75) is 33.6 Å². The summed E-state index contributed by atoms with van der Waals surface area (Å²) in [5, 5.41) is 0. The zero-order valence-electron chi connectivity index (χ0n) is 8.15. The first-order valence-electron chi connectivity index (χ1n) is 4.56. The molecule has 0 heterocycles. The Bertz CT molecular complexity index is 251. The SMILES string of the molecule is CCc1cc(N)cc(CC)c1C. The molecular weight excluding hydrogens is 146 g/mol. The van der Waals surface area contributed by atoms with Crippen molar-refractivity contribution in [3.63, 3.8) is 0 Å². The number of benzene rings is 1. The molecule has 12 heavy (non-hydrogen) atoms. The molecule has 1 nitrogen and oxygen atoms in total. The quantitative estimate of drug-likeness (QED) is 0.666. The summed E-state index contributed by atoms with van der Waals surface area (Å²) in [6.45, 7) is 6.51. The standard InChI is InChI=1S/C11H17N/c1-4-9-6-11(12)7-10(5-2)8(9)3/h6-7H,4-5,12H2,1-3H3. The van der Waals surface area contributed by atoms with Crippen LogP contribution in [-0.2, 0) is 12.8 Å². The molecule has 0 aliphatic heterocycles. The molecule has 0 atom stereocenters. The third-order valence-corrected chi connectivity index (χ3v) is 2.41. The average Bonchev–Trinajstić information content (AvgIpc) is 2.08. The highest BCUT2D eigenvalue weighted by Gasteiger charge is 2.02. The van der Waals surface area contributed by atoms with Crippen LogP contribution in [0.1, 0.15) is 30.5 Å². The summed E-state index contributed by atoms with van der Waals surface area (Å²) in [7, 11) is 0. The predicted molar refractivity (Wildman–Crippen MR) is 54.3 cm³/mol. The van der Waals surface area contributed by atoms with E-state index in [1.165, 1.54) is 16.7 Å². The molecular formula is C11H17N. The van der Waals surface area contributed by atoms with Crippen LogP contribution in [-0.4, -0.2) is 0 Å². The van der Waals surface area contributed by atoms with Crippen molar-refractivity contribution in [1.82, 2.24) is 0 Å². The first kappa shape index (κ1) is 9.11. The van der Waals surface area contributed by atoms with Crippen LogP contribution in [0.5, 0.6) is 0 Å². The Morgan fingerprint density at radius 1 is 1.08 bits per heavy atom. The van der Waals surface area contributed by atoms with Gasteiger partial charge in [-0.1, -0.05) is 13.8 Å². The van der Waals surface area contributed by atoms with Gasteiger partial charge >= 0.3 is 0 Å². The van der Waals surface area contributed by atoms with E-state index in [0.29, 0.717) is 0 Å². The fourth-order valence-electron chi connectivity index (χ4n) is 1.60. The van der Waals surface area contributed by atoms with E-state index in [4.69, 9.17) is 5.73 Å². The highest BCUT2D eigenvalue weighted by Crippen LogP contribution is 2.19. The van der Waals surface area contributed by atoms with E-state index in [2.05, 4.69) is 32.9 Å². The summed E-state index contributed by atoms with van der Waals surface area (Å²) in [6.07, 6.45) is 2.15. The maximum Gasteiger partial charge on any atom is 0.0319 e. The third-order valence-electron chi connectivity index (χ3n) is 2.41. The molecule has 0 aliphatic carbocycles. The van der Waals surface area contributed by atoms with E-state index in [1.807, 2.05) is 0 Å². The topological polar surface area (TPSA) is 26.0 Å². The minimum Gasteiger partial charge on any atom is -0.399 e. The molecule has 0 aromatic heterocycles. The number of hydrogen-bond acceptors (Lipinski definition) is 1. The summed E-state index contributed by atoms with van der Waals surface area (Å²) in [6, 6.07) is 4.16. The second-order valence-electron chi connectivity index (χ2n) is 3.17. The van der Waals surface area contributed by atoms with Crippen LogP contribution in [0, 0.1) is 6.92 Å². The number of anilines is 1. The number of hydrogen-bond donors (Lipinski definition) is 1. The predicted octanol–water partition coefficient (Wildman–Crippen LogP) is 2.70. The summed E-state index contributed by atoms with van der Waals surface area (Å²) >= 11 is 0. The van der Waals surface area contributed by atoms with Gasteiger partial charge in [0.1, 0.15) is 0 Å². The third kappa shape index (κ3) is 1.60. The molecule has 66 valence electrons. The molecule has 2 N–H and O–H groups in total. The number of rotatable bonds is 2. The Morgan fingerprint density at radius 2 is 1.50 bits per heavy atom. The molecule has 0 amide bonds. The van der Waals surface area contributed by atoms with E-state index in [-0.39, 0.29) is 0 Å². The van der Waals surface area contributed by atoms with Crippen molar-refractivity contribution < 1.29 is 0 Å². The monoisotopic (exact) mass is 163 g/mol. The molecule has 0 aliphatic rings. The highest BCUT2D eigenvalue weighted by atomic mass is 14.5. The van der Waals surface area contributed by atoms with Gasteiger partial charge in [0.15, 0.2) is 0 Å². The molecule has 0 unspecified atom stereocenters. The summed E-state index contributed by atoms with van der Waals surface area (Å²) < 4.78 is 0. The van der Waals surface area contributed by atoms with Crippen molar-refractivity contribution in [3.8, 4) is 0 Å². The van der Waals surface area contributed by atoms with Crippen molar-refractivity contribution >= 4 is 5.69 Å². The zero-order valence-corrected chi connectivity index (χ0v) is 8.15. The largest absolute Gasteiger partial charge is 0.399 e. The van der Waals surface area contributed by atoms with Crippen LogP contribution in [0.25, 0.3) is 0 Å². The fraction of sp³-hybridized carbons (Fsp3) is 0.455. The number of nitrogen functional groups attached to an aromatic ring is 1. The Hall–Kier alpha value is -0.980. The van der Waals surface area contributed by atoms with E-state index in [1.54, 1.807) is 0 Å². The minimum atomic E-state index is 0.898. The van der Waals surface area contributed by atoms with Crippen LogP contribution in [0.15, 0.2) is 12.1 Å². The van der Waals surface area contributed by atoms with E-state index in [9.17, 15) is 0 Å². The maximum absolute atomic E-state index is 5.78. The number of aryl methyl sites for hydroxylation is 2. The summed E-state index contributed by atoms with van der Waals surface area (Å²) in [4.78, 5) is 0. The van der Waals surface area contributed by atoms with Gasteiger partial charge < -0.3 is 5.73 Å². The second kappa shape index (κ2) is 3.61. The molecule has 0 saturated carbocycles. The molecule has 1 rings (SSSR count). The maximum atomic E-state index is 5.78. The first-order valence-corrected chi connectivity index (χ1v) is 4.56. The van der Waals surface area contributed by atoms with Gasteiger partial charge in [-0.05, 0) is 48.6 Å². The van der Waals surface area contributed by atoms with E-state index >= 15 is 0 Å². The van der Waals surface area contributed by atoms with Crippen molar-refractivity contribution in [2.24, 2.45) is 0 Å². The molecule has 0 bridgehead atoms. The lowest BCUT2D eigenvalue weighted by Crippen LogP contribution is -1.96. The average molecular weight is 163 g/mol. The Balaban J connectivity index is 3.22. The molecule has 0 radical (unpaired) electrons. The van der Waals surface area contributed by atoms with E-state index in [0.717, 1.165) is 18.5 Å². The lowest BCUT2D eigenvalue weighted by molar-refractivity contribution is 1.05. The van der Waals surface area contributed by atoms with Crippen LogP contribution in [0.2, 0.25) is 0 Å². The van der Waals surface area contributed by atoms with Gasteiger partial charge in [0.25, 0.3) is 0 Å². The van der Waals surface area contributed by atoms with Crippen LogP contribution in [0.3, 0.4) is 0 Å². The van der Waals surface area contributed by atoms with Crippen molar-refractivity contribution in [3.05, 3.63) is 28.8 Å². The zero-order chi connectivity index (χ0) is 9.14. The van der Waals surface area contributed by atoms with Gasteiger partial charge in [-0.25, -0.2) is 0 Å². The van der Waals surface area contributed by atoms with Gasteiger partial charge in [0.2, 0.25) is 0 Å². The minimum absolute atomic E-state index is 0.898. The molecule has 1 heteroatoms. The van der Waals surface area contributed by atoms with Crippen LogP contribution < -0.4 is 5.73 Å². The lowest BCUT2D eigenvalue weighted by Gasteiger charge is -2.09. The second-order valence-corrected chi connectivity index (χ2v) is 3.17. The highest BCUT2D eigenvalue weighted by molar-refractivity contribution is 5.49. The van der Waals surface area contributed by atoms with Gasteiger partial charge in [-0.3, -0.25) is 0 Å². The molecule has 0 fully saturated rings. The smallest absolute Gasteiger partial charge is 0.0319 e. The Morgan fingerprint density at radius 3 is 1.83 bits per heavy atom. The molecule has 1 aromatic rings. The van der Waals surface area contributed by atoms with Crippen molar-refractivity contribution in [1.29, 1.82) is 0 Å². The van der Waals surface area contributed by atoms with Crippen LogP contribution >= 0.6 is 0 Å². The lowest BCUT2D eigenvalue weighted by atomic mass is 9.98. The molecule has 0 saturated heterocycles. The molecule has 1 aromatic carbocycles. The van der Waals surface area contributed by atoms with E-state index < -0.39 is 0 Å². The number of nitrogens with two attached hydrogens (primary N) is 1. The fourth-order valence-corrected chi connectivity index (χ4v) is 1.60. The van der Waals surface area contributed by atoms with Crippen molar-refractivity contribution in [2.75, 3.05) is 5.73 Å². The van der Waals surface area contributed by atoms with Crippen LogP contribution in [0.4, 0.5) is 5.69 Å².